The number of pyridine rings is 1. The van der Waals surface area contributed by atoms with Gasteiger partial charge in [-0.1, -0.05) is 18.2 Å². The summed E-state index contributed by atoms with van der Waals surface area (Å²) in [5, 5.41) is 0. The minimum absolute atomic E-state index is 0.0369. The fraction of sp³-hybridized carbons (Fsp3) is 0.538. The zero-order valence-electron chi connectivity index (χ0n) is 20.8. The summed E-state index contributed by atoms with van der Waals surface area (Å²) in [7, 11) is 1.50. The third kappa shape index (κ3) is 6.90. The van der Waals surface area contributed by atoms with Gasteiger partial charge >= 0.3 is 12.3 Å². The van der Waals surface area contributed by atoms with Crippen LogP contribution in [0.2, 0.25) is 0 Å². The molecule has 2 fully saturated rings. The second-order valence-corrected chi connectivity index (χ2v) is 9.48. The van der Waals surface area contributed by atoms with Crippen LogP contribution in [0.1, 0.15) is 48.4 Å². The minimum Gasteiger partial charge on any atom is -0.497 e. The molecular formula is C26H29F5N2O5. The second kappa shape index (κ2) is 11.8. The lowest BCUT2D eigenvalue weighted by molar-refractivity contribution is -0.220. The zero-order valence-corrected chi connectivity index (χ0v) is 20.8. The molecule has 2 aromatic rings. The van der Waals surface area contributed by atoms with Crippen molar-refractivity contribution in [2.24, 2.45) is 0 Å². The van der Waals surface area contributed by atoms with Crippen LogP contribution in [-0.4, -0.2) is 67.3 Å². The van der Waals surface area contributed by atoms with Gasteiger partial charge in [-0.15, -0.1) is 0 Å². The second-order valence-electron chi connectivity index (χ2n) is 9.48. The van der Waals surface area contributed by atoms with Crippen LogP contribution in [0.4, 0.5) is 26.7 Å². The number of likely N-dealkylation sites (tertiary alicyclic amines) is 1. The van der Waals surface area contributed by atoms with E-state index in [2.05, 4.69) is 4.98 Å². The fourth-order valence-corrected chi connectivity index (χ4v) is 4.69. The number of piperidine rings is 1. The molecule has 208 valence electrons. The van der Waals surface area contributed by atoms with Gasteiger partial charge in [0.15, 0.2) is 0 Å². The van der Waals surface area contributed by atoms with Crippen molar-refractivity contribution in [2.45, 2.75) is 56.1 Å². The summed E-state index contributed by atoms with van der Waals surface area (Å²) in [5.41, 5.74) is 0.608. The molecule has 2 unspecified atom stereocenters. The van der Waals surface area contributed by atoms with Gasteiger partial charge in [0, 0.05) is 25.2 Å². The number of aromatic nitrogens is 1. The number of methoxy groups -OCH3 is 1. The molecule has 0 radical (unpaired) electrons. The number of amides is 1. The predicted molar refractivity (Wildman–Crippen MR) is 125 cm³/mol. The van der Waals surface area contributed by atoms with Gasteiger partial charge in [0.1, 0.15) is 11.4 Å². The Morgan fingerprint density at radius 2 is 1.87 bits per heavy atom. The van der Waals surface area contributed by atoms with Crippen LogP contribution in [0.15, 0.2) is 42.6 Å². The van der Waals surface area contributed by atoms with Gasteiger partial charge in [-0.3, -0.25) is 4.98 Å². The monoisotopic (exact) mass is 544 g/mol. The molecule has 0 N–H and O–H groups in total. The quantitative estimate of drug-likeness (QED) is 0.400. The molecule has 4 rings (SSSR count). The summed E-state index contributed by atoms with van der Waals surface area (Å²) in [6.07, 6.45) is -8.02. The molecule has 7 nitrogen and oxygen atoms in total. The smallest absolute Gasteiger partial charge is 0.427 e. The summed E-state index contributed by atoms with van der Waals surface area (Å²) in [6.45, 7) is -0.194. The molecule has 1 spiro atoms. The third-order valence-electron chi connectivity index (χ3n) is 6.95. The normalized spacial score (nSPS) is 20.1. The SMILES string of the molecule is COc1ccc(COCC(OC(=O)N2CCC3(CC2)CC(c2ccc(C(F)F)nc2)CO3)C(F)(F)F)cc1. The Morgan fingerprint density at radius 1 is 1.16 bits per heavy atom. The maximum Gasteiger partial charge on any atom is 0.427 e. The van der Waals surface area contributed by atoms with E-state index in [0.29, 0.717) is 37.2 Å². The summed E-state index contributed by atoms with van der Waals surface area (Å²) >= 11 is 0. The van der Waals surface area contributed by atoms with Crippen molar-refractivity contribution in [3.05, 3.63) is 59.4 Å². The van der Waals surface area contributed by atoms with E-state index in [1.54, 1.807) is 30.3 Å². The Kier molecular flexibility index (Phi) is 8.71. The molecule has 2 aliphatic heterocycles. The van der Waals surface area contributed by atoms with Crippen molar-refractivity contribution in [3.8, 4) is 5.75 Å². The van der Waals surface area contributed by atoms with Crippen LogP contribution in [0.25, 0.3) is 0 Å². The molecular weight excluding hydrogens is 515 g/mol. The predicted octanol–water partition coefficient (Wildman–Crippen LogP) is 5.65. The largest absolute Gasteiger partial charge is 0.497 e. The van der Waals surface area contributed by atoms with E-state index >= 15 is 0 Å². The van der Waals surface area contributed by atoms with Crippen LogP contribution in [0.3, 0.4) is 0 Å². The van der Waals surface area contributed by atoms with E-state index in [-0.39, 0.29) is 31.3 Å². The van der Waals surface area contributed by atoms with Crippen molar-refractivity contribution in [1.82, 2.24) is 9.88 Å². The Hall–Kier alpha value is -2.99. The molecule has 3 heterocycles. The highest BCUT2D eigenvalue weighted by molar-refractivity contribution is 5.68. The van der Waals surface area contributed by atoms with Crippen LogP contribution in [-0.2, 0) is 20.8 Å². The van der Waals surface area contributed by atoms with Gasteiger partial charge < -0.3 is 23.8 Å². The Labute approximate surface area is 216 Å². The number of rotatable bonds is 8. The van der Waals surface area contributed by atoms with Crippen LogP contribution in [0.5, 0.6) is 5.75 Å². The highest BCUT2D eigenvalue weighted by Crippen LogP contribution is 2.43. The van der Waals surface area contributed by atoms with E-state index in [1.165, 1.54) is 24.3 Å². The number of carbonyl (C=O) groups excluding carboxylic acids is 1. The Balaban J connectivity index is 1.26. The fourth-order valence-electron chi connectivity index (χ4n) is 4.69. The number of alkyl halides is 5. The van der Waals surface area contributed by atoms with E-state index < -0.39 is 37.0 Å². The molecule has 1 aromatic heterocycles. The van der Waals surface area contributed by atoms with Gasteiger partial charge in [-0.05, 0) is 48.6 Å². The lowest BCUT2D eigenvalue weighted by Crippen LogP contribution is -2.49. The number of hydrogen-bond acceptors (Lipinski definition) is 6. The average Bonchev–Trinajstić information content (AvgIpc) is 3.31. The molecule has 38 heavy (non-hydrogen) atoms. The van der Waals surface area contributed by atoms with Gasteiger partial charge in [0.2, 0.25) is 6.10 Å². The standard InChI is InChI=1S/C26H29F5N2O5/c1-35-20-5-2-17(3-6-20)14-36-16-22(26(29,30)31)38-24(34)33-10-8-25(9-11-33)12-19(15-37-25)18-4-7-21(23(27)28)32-13-18/h2-7,13,19,22-23H,8-12,14-16H2,1H3. The molecule has 0 bridgehead atoms. The summed E-state index contributed by atoms with van der Waals surface area (Å²) in [5.74, 6) is 0.573. The number of halogens is 5. The van der Waals surface area contributed by atoms with Gasteiger partial charge in [0.25, 0.3) is 6.43 Å². The molecule has 2 atom stereocenters. The van der Waals surface area contributed by atoms with Crippen molar-refractivity contribution in [2.75, 3.05) is 33.4 Å². The zero-order chi connectivity index (χ0) is 27.3. The lowest BCUT2D eigenvalue weighted by atomic mass is 9.83. The summed E-state index contributed by atoms with van der Waals surface area (Å²) in [6, 6.07) is 9.57. The molecule has 0 saturated carbocycles. The highest BCUT2D eigenvalue weighted by Gasteiger charge is 2.47. The molecule has 1 amide bonds. The van der Waals surface area contributed by atoms with E-state index in [1.807, 2.05) is 0 Å². The molecule has 2 saturated heterocycles. The summed E-state index contributed by atoms with van der Waals surface area (Å²) < 4.78 is 87.2. The van der Waals surface area contributed by atoms with Crippen LogP contribution in [0, 0.1) is 0 Å². The van der Waals surface area contributed by atoms with Crippen molar-refractivity contribution < 1.29 is 45.7 Å². The molecule has 2 aliphatic rings. The van der Waals surface area contributed by atoms with Crippen molar-refractivity contribution in [1.29, 1.82) is 0 Å². The number of nitrogens with zero attached hydrogens (tertiary/aromatic N) is 2. The van der Waals surface area contributed by atoms with Gasteiger partial charge in [-0.2, -0.15) is 13.2 Å². The maximum atomic E-state index is 13.5. The van der Waals surface area contributed by atoms with Crippen molar-refractivity contribution >= 4 is 6.09 Å². The average molecular weight is 545 g/mol. The first-order valence-electron chi connectivity index (χ1n) is 12.2. The number of ether oxygens (including phenoxy) is 4. The van der Waals surface area contributed by atoms with E-state index in [4.69, 9.17) is 18.9 Å². The Bertz CT molecular complexity index is 1060. The lowest BCUT2D eigenvalue weighted by Gasteiger charge is -2.38. The molecule has 0 aliphatic carbocycles. The minimum atomic E-state index is -4.79. The number of benzene rings is 1. The Morgan fingerprint density at radius 3 is 2.45 bits per heavy atom. The summed E-state index contributed by atoms with van der Waals surface area (Å²) in [4.78, 5) is 17.6. The van der Waals surface area contributed by atoms with Crippen molar-refractivity contribution in [3.63, 3.8) is 0 Å². The van der Waals surface area contributed by atoms with E-state index in [0.717, 1.165) is 5.56 Å². The molecule has 1 aromatic carbocycles. The number of carbonyl (C=O) groups is 1. The van der Waals surface area contributed by atoms with E-state index in [9.17, 15) is 26.7 Å². The maximum absolute atomic E-state index is 13.5. The first-order chi connectivity index (χ1) is 18.1. The first-order valence-corrected chi connectivity index (χ1v) is 12.2. The van der Waals surface area contributed by atoms with Gasteiger partial charge in [-0.25, -0.2) is 13.6 Å². The van der Waals surface area contributed by atoms with Crippen LogP contribution < -0.4 is 4.74 Å². The third-order valence-corrected chi connectivity index (χ3v) is 6.95. The van der Waals surface area contributed by atoms with Gasteiger partial charge in [0.05, 0.1) is 32.5 Å². The first kappa shape index (κ1) is 28.0. The molecule has 12 heteroatoms. The number of hydrogen-bond donors (Lipinski definition) is 0. The topological polar surface area (TPSA) is 70.1 Å². The van der Waals surface area contributed by atoms with Crippen LogP contribution >= 0.6 is 0 Å². The highest BCUT2D eigenvalue weighted by atomic mass is 19.4.